The van der Waals surface area contributed by atoms with Gasteiger partial charge in [0.1, 0.15) is 10.2 Å². The zero-order chi connectivity index (χ0) is 18.5. The summed E-state index contributed by atoms with van der Waals surface area (Å²) in [6.45, 7) is 6.64. The molecule has 0 amide bonds. The van der Waals surface area contributed by atoms with E-state index in [1.54, 1.807) is 6.07 Å². The Morgan fingerprint density at radius 2 is 2.00 bits per heavy atom. The lowest BCUT2D eigenvalue weighted by atomic mass is 10.0. The van der Waals surface area contributed by atoms with Crippen LogP contribution in [0.1, 0.15) is 26.2 Å². The standard InChI is InChI=1S/C20H24Br2N2O2/c1-15-4-2-10-23(14-15)11-3-13-26-17-7-5-16(6-8-17)18-9-12-24(25)20(22)19(18)21/h5-9,12,15H,2-4,10-11,13-14H2,1H3/t15-/m0/s1. The largest absolute Gasteiger partial charge is 0.618 e. The summed E-state index contributed by atoms with van der Waals surface area (Å²) in [6, 6.07) is 9.80. The van der Waals surface area contributed by atoms with Crippen molar-refractivity contribution in [2.45, 2.75) is 26.2 Å². The summed E-state index contributed by atoms with van der Waals surface area (Å²) in [5, 5.41) is 11.6. The summed E-state index contributed by atoms with van der Waals surface area (Å²) in [6.07, 6.45) is 5.23. The van der Waals surface area contributed by atoms with E-state index in [0.717, 1.165) is 51.6 Å². The number of nitrogens with zero attached hydrogens (tertiary/aromatic N) is 2. The highest BCUT2D eigenvalue weighted by Crippen LogP contribution is 2.32. The molecule has 2 aromatic rings. The van der Waals surface area contributed by atoms with Crippen molar-refractivity contribution in [3.05, 3.63) is 50.8 Å². The average molecular weight is 484 g/mol. The number of likely N-dealkylation sites (tertiary alicyclic amines) is 1. The molecule has 4 nitrogen and oxygen atoms in total. The SMILES string of the molecule is C[C@H]1CCCN(CCCOc2ccc(-c3cc[n+]([O-])c(Br)c3Br)cc2)C1. The molecule has 6 heteroatoms. The van der Waals surface area contributed by atoms with Gasteiger partial charge < -0.3 is 14.8 Å². The van der Waals surface area contributed by atoms with E-state index >= 15 is 0 Å². The molecule has 1 aromatic heterocycles. The second-order valence-electron chi connectivity index (χ2n) is 6.93. The molecule has 0 unspecified atom stereocenters. The number of halogens is 2. The van der Waals surface area contributed by atoms with Gasteiger partial charge in [0.25, 0.3) is 4.60 Å². The van der Waals surface area contributed by atoms with Crippen LogP contribution in [-0.2, 0) is 0 Å². The van der Waals surface area contributed by atoms with Crippen molar-refractivity contribution in [1.82, 2.24) is 4.90 Å². The third-order valence-electron chi connectivity index (χ3n) is 4.78. The number of piperidine rings is 1. The fourth-order valence-electron chi connectivity index (χ4n) is 3.41. The smallest absolute Gasteiger partial charge is 0.274 e. The van der Waals surface area contributed by atoms with Crippen molar-refractivity contribution in [3.63, 3.8) is 0 Å². The van der Waals surface area contributed by atoms with Crippen LogP contribution in [0.15, 0.2) is 45.6 Å². The lowest BCUT2D eigenvalue weighted by Gasteiger charge is -2.30. The van der Waals surface area contributed by atoms with Gasteiger partial charge in [-0.2, -0.15) is 4.73 Å². The van der Waals surface area contributed by atoms with Crippen LogP contribution in [0.5, 0.6) is 5.75 Å². The fourth-order valence-corrected chi connectivity index (χ4v) is 4.28. The van der Waals surface area contributed by atoms with Crippen LogP contribution in [0, 0.1) is 11.1 Å². The summed E-state index contributed by atoms with van der Waals surface area (Å²) in [7, 11) is 0. The Hall–Kier alpha value is -1.11. The summed E-state index contributed by atoms with van der Waals surface area (Å²) >= 11 is 6.77. The maximum absolute atomic E-state index is 11.6. The monoisotopic (exact) mass is 482 g/mol. The maximum atomic E-state index is 11.6. The van der Waals surface area contributed by atoms with Crippen LogP contribution in [0.3, 0.4) is 0 Å². The van der Waals surface area contributed by atoms with Gasteiger partial charge in [0, 0.05) is 40.6 Å². The van der Waals surface area contributed by atoms with E-state index in [9.17, 15) is 5.21 Å². The fraction of sp³-hybridized carbons (Fsp3) is 0.450. The molecular weight excluding hydrogens is 460 g/mol. The van der Waals surface area contributed by atoms with Gasteiger partial charge in [-0.25, -0.2) is 0 Å². The number of aromatic nitrogens is 1. The highest BCUT2D eigenvalue weighted by atomic mass is 79.9. The van der Waals surface area contributed by atoms with Crippen molar-refractivity contribution in [3.8, 4) is 16.9 Å². The molecule has 1 fully saturated rings. The molecule has 1 atom stereocenters. The highest BCUT2D eigenvalue weighted by molar-refractivity contribution is 9.13. The van der Waals surface area contributed by atoms with Gasteiger partial charge in [0.2, 0.25) is 0 Å². The van der Waals surface area contributed by atoms with Gasteiger partial charge in [0.15, 0.2) is 6.20 Å². The van der Waals surface area contributed by atoms with E-state index in [-0.39, 0.29) is 0 Å². The van der Waals surface area contributed by atoms with Crippen LogP contribution in [0.2, 0.25) is 0 Å². The minimum Gasteiger partial charge on any atom is -0.618 e. The number of hydrogen-bond donors (Lipinski definition) is 0. The topological polar surface area (TPSA) is 39.4 Å². The average Bonchev–Trinajstić information content (AvgIpc) is 2.64. The van der Waals surface area contributed by atoms with Crippen molar-refractivity contribution < 1.29 is 9.47 Å². The zero-order valence-electron chi connectivity index (χ0n) is 15.0. The van der Waals surface area contributed by atoms with E-state index in [1.165, 1.54) is 32.1 Å². The van der Waals surface area contributed by atoms with Gasteiger partial charge in [-0.05, 0) is 65.4 Å². The summed E-state index contributed by atoms with van der Waals surface area (Å²) < 4.78 is 7.90. The molecule has 0 bridgehead atoms. The third kappa shape index (κ3) is 4.99. The number of ether oxygens (including phenoxy) is 1. The molecule has 140 valence electrons. The van der Waals surface area contributed by atoms with Gasteiger partial charge >= 0.3 is 0 Å². The summed E-state index contributed by atoms with van der Waals surface area (Å²) in [4.78, 5) is 2.55. The Labute approximate surface area is 172 Å². The van der Waals surface area contributed by atoms with Crippen LogP contribution in [0.25, 0.3) is 11.1 Å². The van der Waals surface area contributed by atoms with Gasteiger partial charge in [-0.1, -0.05) is 19.1 Å². The first-order valence-corrected chi connectivity index (χ1v) is 10.7. The second-order valence-corrected chi connectivity index (χ2v) is 8.48. The van der Waals surface area contributed by atoms with E-state index in [4.69, 9.17) is 4.74 Å². The lowest BCUT2D eigenvalue weighted by molar-refractivity contribution is -0.617. The van der Waals surface area contributed by atoms with Crippen molar-refractivity contribution in [2.24, 2.45) is 5.92 Å². The number of pyridine rings is 1. The molecule has 0 spiro atoms. The minimum absolute atomic E-state index is 0.474. The Morgan fingerprint density at radius 3 is 2.73 bits per heavy atom. The minimum atomic E-state index is 0.474. The van der Waals surface area contributed by atoms with Crippen molar-refractivity contribution >= 4 is 31.9 Å². The van der Waals surface area contributed by atoms with E-state index in [0.29, 0.717) is 4.60 Å². The Kier molecular flexibility index (Phi) is 6.95. The highest BCUT2D eigenvalue weighted by Gasteiger charge is 2.16. The first-order chi connectivity index (χ1) is 12.5. The predicted molar refractivity (Wildman–Crippen MR) is 111 cm³/mol. The molecule has 1 saturated heterocycles. The number of benzene rings is 1. The Morgan fingerprint density at radius 1 is 1.23 bits per heavy atom. The molecule has 0 radical (unpaired) electrons. The maximum Gasteiger partial charge on any atom is 0.274 e. The van der Waals surface area contributed by atoms with Gasteiger partial charge in [-0.15, -0.1) is 0 Å². The normalized spacial score (nSPS) is 18.0. The molecule has 1 aliphatic heterocycles. The third-order valence-corrected chi connectivity index (χ3v) is 6.86. The first kappa shape index (κ1) is 19.6. The molecule has 1 aromatic carbocycles. The molecule has 2 heterocycles. The Balaban J connectivity index is 1.51. The lowest BCUT2D eigenvalue weighted by Crippen LogP contribution is -2.35. The quantitative estimate of drug-likeness (QED) is 0.251. The molecule has 0 N–H and O–H groups in total. The van der Waals surface area contributed by atoms with Crippen LogP contribution in [0.4, 0.5) is 0 Å². The molecule has 1 aliphatic rings. The second kappa shape index (κ2) is 9.20. The predicted octanol–water partition coefficient (Wildman–Crippen LogP) is 5.01. The zero-order valence-corrected chi connectivity index (χ0v) is 18.1. The summed E-state index contributed by atoms with van der Waals surface area (Å²) in [5.41, 5.74) is 2.00. The first-order valence-electron chi connectivity index (χ1n) is 9.07. The molecular formula is C20H24Br2N2O2. The Bertz CT molecular complexity index is 737. The van der Waals surface area contributed by atoms with Crippen LogP contribution >= 0.6 is 31.9 Å². The number of hydrogen-bond acceptors (Lipinski definition) is 3. The molecule has 26 heavy (non-hydrogen) atoms. The van der Waals surface area contributed by atoms with Crippen LogP contribution in [-0.4, -0.2) is 31.1 Å². The van der Waals surface area contributed by atoms with E-state index in [1.807, 2.05) is 24.3 Å². The molecule has 0 aliphatic carbocycles. The molecule has 0 saturated carbocycles. The van der Waals surface area contributed by atoms with Gasteiger partial charge in [-0.3, -0.25) is 0 Å². The van der Waals surface area contributed by atoms with Gasteiger partial charge in [0.05, 0.1) is 6.61 Å². The van der Waals surface area contributed by atoms with E-state index in [2.05, 4.69) is 43.7 Å². The van der Waals surface area contributed by atoms with E-state index < -0.39 is 0 Å². The van der Waals surface area contributed by atoms with Crippen molar-refractivity contribution in [1.29, 1.82) is 0 Å². The number of rotatable bonds is 6. The van der Waals surface area contributed by atoms with Crippen LogP contribution < -0.4 is 9.47 Å². The summed E-state index contributed by atoms with van der Waals surface area (Å²) in [5.74, 6) is 1.71. The van der Waals surface area contributed by atoms with Crippen molar-refractivity contribution in [2.75, 3.05) is 26.2 Å². The molecule has 3 rings (SSSR count).